The summed E-state index contributed by atoms with van der Waals surface area (Å²) in [7, 11) is 0. The number of carbonyl (C=O) groups excluding carboxylic acids is 1. The lowest BCUT2D eigenvalue weighted by molar-refractivity contribution is -0.387. The van der Waals surface area contributed by atoms with Gasteiger partial charge in [-0.15, -0.1) is 0 Å². The Kier molecular flexibility index (Phi) is 6.20. The van der Waals surface area contributed by atoms with Crippen molar-refractivity contribution in [2.24, 2.45) is 0 Å². The van der Waals surface area contributed by atoms with Crippen LogP contribution in [0.15, 0.2) is 64.2 Å². The Morgan fingerprint density at radius 2 is 1.91 bits per heavy atom. The van der Waals surface area contributed by atoms with E-state index in [1.54, 1.807) is 17.0 Å². The van der Waals surface area contributed by atoms with Gasteiger partial charge in [0.05, 0.1) is 9.82 Å². The van der Waals surface area contributed by atoms with E-state index in [1.807, 2.05) is 50.2 Å². The number of hydrogen-bond donors (Lipinski definition) is 0. The quantitative estimate of drug-likeness (QED) is 0.180. The minimum absolute atomic E-state index is 0.0842. The van der Waals surface area contributed by atoms with Crippen LogP contribution in [0.25, 0.3) is 6.08 Å². The van der Waals surface area contributed by atoms with Crippen molar-refractivity contribution in [1.29, 1.82) is 5.26 Å². The van der Waals surface area contributed by atoms with E-state index >= 15 is 0 Å². The Morgan fingerprint density at radius 3 is 2.61 bits per heavy atom. The summed E-state index contributed by atoms with van der Waals surface area (Å²) in [5.74, 6) is -0.424. The second-order valence-electron chi connectivity index (χ2n) is 7.52. The molecule has 0 saturated carbocycles. The van der Waals surface area contributed by atoms with Gasteiger partial charge in [-0.25, -0.2) is 9.97 Å². The lowest BCUT2D eigenvalue weighted by Gasteiger charge is -2.16. The number of anilines is 1. The summed E-state index contributed by atoms with van der Waals surface area (Å²) >= 11 is 1.10. The van der Waals surface area contributed by atoms with E-state index in [4.69, 9.17) is 0 Å². The third-order valence-corrected chi connectivity index (χ3v) is 6.07. The molecule has 9 heteroatoms. The van der Waals surface area contributed by atoms with Gasteiger partial charge in [0.15, 0.2) is 5.16 Å². The summed E-state index contributed by atoms with van der Waals surface area (Å²) in [5.41, 5.74) is 3.54. The van der Waals surface area contributed by atoms with E-state index in [1.165, 1.54) is 12.1 Å². The molecule has 0 aliphatic carbocycles. The van der Waals surface area contributed by atoms with Gasteiger partial charge >= 0.3 is 0 Å². The van der Waals surface area contributed by atoms with Crippen LogP contribution in [-0.2, 0) is 11.2 Å². The van der Waals surface area contributed by atoms with E-state index in [9.17, 15) is 20.2 Å². The van der Waals surface area contributed by atoms with Crippen LogP contribution < -0.4 is 4.90 Å². The van der Waals surface area contributed by atoms with Crippen LogP contribution in [0.3, 0.4) is 0 Å². The van der Waals surface area contributed by atoms with Crippen molar-refractivity contribution in [3.8, 4) is 6.07 Å². The van der Waals surface area contributed by atoms with Gasteiger partial charge in [0.25, 0.3) is 11.6 Å². The Morgan fingerprint density at radius 1 is 1.18 bits per heavy atom. The number of nitrogens with zero attached hydrogens (tertiary/aromatic N) is 5. The molecule has 4 rings (SSSR count). The van der Waals surface area contributed by atoms with Crippen LogP contribution in [0.5, 0.6) is 0 Å². The van der Waals surface area contributed by atoms with Crippen LogP contribution in [0.2, 0.25) is 0 Å². The van der Waals surface area contributed by atoms with Crippen molar-refractivity contribution in [3.05, 3.63) is 86.7 Å². The number of aryl methyl sites for hydroxylation is 2. The van der Waals surface area contributed by atoms with E-state index in [0.29, 0.717) is 22.2 Å². The first kappa shape index (κ1) is 22.2. The number of para-hydroxylation sites is 1. The Hall–Kier alpha value is -4.03. The third kappa shape index (κ3) is 4.76. The molecule has 1 amide bonds. The van der Waals surface area contributed by atoms with Gasteiger partial charge in [-0.05, 0) is 67.4 Å². The van der Waals surface area contributed by atoms with Crippen LogP contribution in [0, 0.1) is 35.3 Å². The predicted molar refractivity (Wildman–Crippen MR) is 125 cm³/mol. The minimum atomic E-state index is -0.493. The Balaban J connectivity index is 1.64. The largest absolute Gasteiger partial charge is 0.307 e. The molecule has 0 N–H and O–H groups in total. The van der Waals surface area contributed by atoms with Crippen LogP contribution >= 0.6 is 11.8 Å². The molecule has 0 saturated heterocycles. The number of aromatic nitrogens is 2. The molecule has 0 radical (unpaired) electrons. The van der Waals surface area contributed by atoms with Gasteiger partial charge in [-0.2, -0.15) is 5.26 Å². The molecular weight excluding hydrogens is 438 g/mol. The number of fused-ring (bicyclic) bond motifs is 1. The molecule has 1 aliphatic heterocycles. The highest BCUT2D eigenvalue weighted by molar-refractivity contribution is 7.99. The fourth-order valence-electron chi connectivity index (χ4n) is 3.69. The molecule has 2 heterocycles. The topological polar surface area (TPSA) is 113 Å². The third-order valence-electron chi connectivity index (χ3n) is 5.14. The van der Waals surface area contributed by atoms with Gasteiger partial charge < -0.3 is 4.90 Å². The number of rotatable bonds is 5. The van der Waals surface area contributed by atoms with E-state index in [0.717, 1.165) is 40.8 Å². The monoisotopic (exact) mass is 457 g/mol. The maximum absolute atomic E-state index is 13.0. The molecule has 0 bridgehead atoms. The van der Waals surface area contributed by atoms with E-state index in [-0.39, 0.29) is 11.3 Å². The lowest BCUT2D eigenvalue weighted by atomic mass is 10.1. The number of nitro benzene ring substituents is 1. The van der Waals surface area contributed by atoms with Crippen molar-refractivity contribution in [2.75, 3.05) is 11.4 Å². The highest BCUT2D eigenvalue weighted by Gasteiger charge is 2.27. The number of benzene rings is 2. The van der Waals surface area contributed by atoms with Crippen molar-refractivity contribution in [2.45, 2.75) is 30.3 Å². The van der Waals surface area contributed by atoms with Gasteiger partial charge in [-0.3, -0.25) is 14.9 Å². The van der Waals surface area contributed by atoms with E-state index < -0.39 is 10.8 Å². The average Bonchev–Trinajstić information content (AvgIpc) is 3.21. The molecule has 33 heavy (non-hydrogen) atoms. The van der Waals surface area contributed by atoms with E-state index in [2.05, 4.69) is 9.97 Å². The highest BCUT2D eigenvalue weighted by Crippen LogP contribution is 2.35. The Labute approximate surface area is 194 Å². The zero-order chi connectivity index (χ0) is 23.5. The highest BCUT2D eigenvalue weighted by atomic mass is 32.2. The smallest absolute Gasteiger partial charge is 0.283 e. The van der Waals surface area contributed by atoms with Gasteiger partial charge in [0.2, 0.25) is 0 Å². The number of nitriles is 1. The average molecular weight is 458 g/mol. The first-order valence-corrected chi connectivity index (χ1v) is 11.0. The molecule has 2 aromatic carbocycles. The SMILES string of the molecule is Cc1cc(C)nc(Sc2ccc(/C=C(/C#N)C(=O)N3CCc4ccccc43)cc2[N+](=O)[O-])n1. The maximum Gasteiger partial charge on any atom is 0.283 e. The molecule has 8 nitrogen and oxygen atoms in total. The normalized spacial score (nSPS) is 12.9. The minimum Gasteiger partial charge on any atom is -0.307 e. The summed E-state index contributed by atoms with van der Waals surface area (Å²) in [6.07, 6.45) is 2.11. The zero-order valence-electron chi connectivity index (χ0n) is 18.0. The van der Waals surface area contributed by atoms with Crippen molar-refractivity contribution in [3.63, 3.8) is 0 Å². The van der Waals surface area contributed by atoms with Gasteiger partial charge in [-0.1, -0.05) is 24.3 Å². The standard InChI is InChI=1S/C24H19N5O3S/c1-15-11-16(2)27-24(26-15)33-22-8-7-17(13-21(22)29(31)32)12-19(14-25)23(30)28-10-9-18-5-3-4-6-20(18)28/h3-8,11-13H,9-10H2,1-2H3/b19-12-. The van der Waals surface area contributed by atoms with Crippen molar-refractivity contribution in [1.82, 2.24) is 9.97 Å². The molecule has 0 spiro atoms. The first-order chi connectivity index (χ1) is 15.9. The van der Waals surface area contributed by atoms with Crippen molar-refractivity contribution >= 4 is 35.1 Å². The summed E-state index contributed by atoms with van der Waals surface area (Å²) in [5, 5.41) is 21.8. The lowest BCUT2D eigenvalue weighted by Crippen LogP contribution is -2.29. The van der Waals surface area contributed by atoms with Gasteiger partial charge in [0.1, 0.15) is 11.6 Å². The maximum atomic E-state index is 13.0. The first-order valence-electron chi connectivity index (χ1n) is 10.2. The fraction of sp³-hybridized carbons (Fsp3) is 0.167. The molecule has 0 fully saturated rings. The molecule has 0 unspecified atom stereocenters. The Bertz CT molecular complexity index is 1330. The van der Waals surface area contributed by atoms with Crippen LogP contribution in [0.4, 0.5) is 11.4 Å². The van der Waals surface area contributed by atoms with Crippen LogP contribution in [-0.4, -0.2) is 27.3 Å². The molecule has 164 valence electrons. The second kappa shape index (κ2) is 9.22. The van der Waals surface area contributed by atoms with Crippen molar-refractivity contribution < 1.29 is 9.72 Å². The molecular formula is C24H19N5O3S. The molecule has 1 aliphatic rings. The summed E-state index contributed by atoms with van der Waals surface area (Å²) in [4.78, 5) is 34.8. The molecule has 0 atom stereocenters. The van der Waals surface area contributed by atoms with Crippen LogP contribution in [0.1, 0.15) is 22.5 Å². The summed E-state index contributed by atoms with van der Waals surface area (Å²) in [6.45, 7) is 4.16. The summed E-state index contributed by atoms with van der Waals surface area (Å²) < 4.78 is 0. The molecule has 1 aromatic heterocycles. The number of hydrogen-bond acceptors (Lipinski definition) is 7. The summed E-state index contributed by atoms with van der Waals surface area (Å²) in [6, 6.07) is 15.9. The molecule has 3 aromatic rings. The number of nitro groups is 1. The second-order valence-corrected chi connectivity index (χ2v) is 8.53. The zero-order valence-corrected chi connectivity index (χ0v) is 18.8. The number of amides is 1. The number of carbonyl (C=O) groups is 1. The fourth-order valence-corrected chi connectivity index (χ4v) is 4.64. The van der Waals surface area contributed by atoms with Gasteiger partial charge in [0, 0.05) is 29.7 Å². The predicted octanol–water partition coefficient (Wildman–Crippen LogP) is 4.65.